The Balaban J connectivity index is 1.23. The van der Waals surface area contributed by atoms with Crippen molar-refractivity contribution in [3.8, 4) is 11.3 Å². The smallest absolute Gasteiger partial charge is 0.287 e. The molecular weight excluding hydrogens is 474 g/mol. The Kier molecular flexibility index (Phi) is 7.89. The van der Waals surface area contributed by atoms with E-state index >= 15 is 0 Å². The van der Waals surface area contributed by atoms with E-state index in [2.05, 4.69) is 15.2 Å². The number of benzene rings is 1. The largest absolute Gasteiger partial charge is 0.455 e. The van der Waals surface area contributed by atoms with Gasteiger partial charge in [0.15, 0.2) is 10.9 Å². The molecule has 0 bridgehead atoms. The van der Waals surface area contributed by atoms with Gasteiger partial charge in [-0.25, -0.2) is 9.97 Å². The first-order chi connectivity index (χ1) is 17.7. The van der Waals surface area contributed by atoms with E-state index in [4.69, 9.17) is 19.1 Å². The monoisotopic (exact) mass is 501 g/mol. The van der Waals surface area contributed by atoms with Crippen molar-refractivity contribution in [3.05, 3.63) is 90.1 Å². The Hall–Kier alpha value is -3.69. The number of nitrogens with zero attached hydrogens (tertiary/aromatic N) is 4. The maximum Gasteiger partial charge on any atom is 0.287 e. The average molecular weight is 502 g/mol. The first-order valence-electron chi connectivity index (χ1n) is 11.9. The summed E-state index contributed by atoms with van der Waals surface area (Å²) in [6, 6.07) is 21.4. The third-order valence-electron chi connectivity index (χ3n) is 5.72. The second-order valence-corrected chi connectivity index (χ2v) is 9.18. The van der Waals surface area contributed by atoms with Crippen LogP contribution < -0.4 is 10.2 Å². The maximum atomic E-state index is 12.5. The summed E-state index contributed by atoms with van der Waals surface area (Å²) in [5, 5.41) is 3.55. The Morgan fingerprint density at radius 3 is 2.64 bits per heavy atom. The second-order valence-electron chi connectivity index (χ2n) is 8.24. The molecule has 8 nitrogen and oxygen atoms in total. The number of rotatable bonds is 9. The van der Waals surface area contributed by atoms with Crippen molar-refractivity contribution in [1.29, 1.82) is 0 Å². The van der Waals surface area contributed by atoms with Crippen LogP contribution >= 0.6 is 11.8 Å². The normalized spacial score (nSPS) is 13.5. The number of furan rings is 1. The first-order valence-corrected chi connectivity index (χ1v) is 12.9. The van der Waals surface area contributed by atoms with Crippen molar-refractivity contribution in [1.82, 2.24) is 20.3 Å². The Labute approximate surface area is 214 Å². The standard InChI is InChI=1S/C27H27N5O3S/c33-26(29-13-11-21-8-4-5-12-28-21)24-10-9-22(35-24)19-36-27-30-23(20-6-2-1-3-7-20)18-25(31-27)32-14-16-34-17-15-32/h1-10,12,18H,11,13-17,19H2,(H,29,33). The van der Waals surface area contributed by atoms with Crippen LogP contribution in [0.3, 0.4) is 0 Å². The third-order valence-corrected chi connectivity index (χ3v) is 6.59. The number of amides is 1. The SMILES string of the molecule is O=C(NCCc1ccccn1)c1ccc(CSc2nc(-c3ccccc3)cc(N3CCOCC3)n2)o1. The van der Waals surface area contributed by atoms with Crippen LogP contribution in [-0.2, 0) is 16.9 Å². The van der Waals surface area contributed by atoms with E-state index in [1.807, 2.05) is 60.7 Å². The Bertz CT molecular complexity index is 1280. The molecule has 1 aliphatic heterocycles. The summed E-state index contributed by atoms with van der Waals surface area (Å²) in [7, 11) is 0. The van der Waals surface area contributed by atoms with E-state index in [0.717, 1.165) is 35.9 Å². The fraction of sp³-hybridized carbons (Fsp3) is 0.259. The van der Waals surface area contributed by atoms with Crippen molar-refractivity contribution < 1.29 is 13.9 Å². The highest BCUT2D eigenvalue weighted by Crippen LogP contribution is 2.28. The molecule has 0 radical (unpaired) electrons. The van der Waals surface area contributed by atoms with Gasteiger partial charge in [-0.3, -0.25) is 9.78 Å². The molecule has 5 rings (SSSR count). The molecule has 0 spiro atoms. The molecule has 3 aromatic heterocycles. The highest BCUT2D eigenvalue weighted by Gasteiger charge is 2.17. The van der Waals surface area contributed by atoms with Gasteiger partial charge in [0.25, 0.3) is 5.91 Å². The number of aromatic nitrogens is 3. The molecule has 1 fully saturated rings. The lowest BCUT2D eigenvalue weighted by molar-refractivity contribution is 0.0925. The molecule has 1 aliphatic rings. The van der Waals surface area contributed by atoms with Crippen molar-refractivity contribution in [2.45, 2.75) is 17.3 Å². The number of pyridine rings is 1. The zero-order chi connectivity index (χ0) is 24.6. The minimum Gasteiger partial charge on any atom is -0.455 e. The van der Waals surface area contributed by atoms with Crippen LogP contribution in [0.1, 0.15) is 22.0 Å². The van der Waals surface area contributed by atoms with Crippen molar-refractivity contribution in [2.24, 2.45) is 0 Å². The summed E-state index contributed by atoms with van der Waals surface area (Å²) in [5.74, 6) is 2.15. The molecule has 36 heavy (non-hydrogen) atoms. The van der Waals surface area contributed by atoms with Gasteiger partial charge in [-0.2, -0.15) is 0 Å². The lowest BCUT2D eigenvalue weighted by atomic mass is 10.1. The van der Waals surface area contributed by atoms with Crippen LogP contribution in [0, 0.1) is 0 Å². The topological polar surface area (TPSA) is 93.4 Å². The Morgan fingerprint density at radius 1 is 1.00 bits per heavy atom. The lowest BCUT2D eigenvalue weighted by Gasteiger charge is -2.28. The fourth-order valence-electron chi connectivity index (χ4n) is 3.84. The summed E-state index contributed by atoms with van der Waals surface area (Å²) >= 11 is 1.49. The van der Waals surface area contributed by atoms with E-state index in [1.165, 1.54) is 11.8 Å². The van der Waals surface area contributed by atoms with Crippen LogP contribution in [0.5, 0.6) is 0 Å². The summed E-state index contributed by atoms with van der Waals surface area (Å²) in [5.41, 5.74) is 2.85. The second kappa shape index (κ2) is 11.8. The van der Waals surface area contributed by atoms with Gasteiger partial charge >= 0.3 is 0 Å². The number of hydrogen-bond donors (Lipinski definition) is 1. The first kappa shape index (κ1) is 24.0. The van der Waals surface area contributed by atoms with Gasteiger partial charge in [0, 0.05) is 49.6 Å². The molecule has 1 N–H and O–H groups in total. The quantitative estimate of drug-likeness (QED) is 0.269. The number of nitrogens with one attached hydrogen (secondary N) is 1. The number of anilines is 1. The molecule has 0 aliphatic carbocycles. The number of ether oxygens (including phenoxy) is 1. The predicted molar refractivity (Wildman–Crippen MR) is 139 cm³/mol. The number of hydrogen-bond acceptors (Lipinski definition) is 8. The molecule has 1 aromatic carbocycles. The molecule has 4 aromatic rings. The molecule has 0 unspecified atom stereocenters. The molecule has 0 atom stereocenters. The number of thioether (sulfide) groups is 1. The highest BCUT2D eigenvalue weighted by molar-refractivity contribution is 7.98. The molecule has 1 amide bonds. The summed E-state index contributed by atoms with van der Waals surface area (Å²) in [4.78, 5) is 28.6. The van der Waals surface area contributed by atoms with Gasteiger partial charge in [-0.1, -0.05) is 48.2 Å². The zero-order valence-electron chi connectivity index (χ0n) is 19.8. The van der Waals surface area contributed by atoms with Crippen molar-refractivity contribution in [3.63, 3.8) is 0 Å². The van der Waals surface area contributed by atoms with Gasteiger partial charge < -0.3 is 19.4 Å². The lowest BCUT2D eigenvalue weighted by Crippen LogP contribution is -2.36. The minimum absolute atomic E-state index is 0.237. The van der Waals surface area contributed by atoms with Gasteiger partial charge in [0.1, 0.15) is 11.6 Å². The van der Waals surface area contributed by atoms with Crippen molar-refractivity contribution >= 4 is 23.5 Å². The van der Waals surface area contributed by atoms with Crippen molar-refractivity contribution in [2.75, 3.05) is 37.7 Å². The summed E-state index contributed by atoms with van der Waals surface area (Å²) < 4.78 is 11.3. The molecule has 4 heterocycles. The summed E-state index contributed by atoms with van der Waals surface area (Å²) in [6.45, 7) is 3.46. The van der Waals surface area contributed by atoms with Crippen LogP contribution in [0.4, 0.5) is 5.82 Å². The van der Waals surface area contributed by atoms with E-state index < -0.39 is 0 Å². The fourth-order valence-corrected chi connectivity index (χ4v) is 4.59. The summed E-state index contributed by atoms with van der Waals surface area (Å²) in [6.07, 6.45) is 2.41. The Morgan fingerprint density at radius 2 is 1.83 bits per heavy atom. The van der Waals surface area contributed by atoms with Gasteiger partial charge in [-0.15, -0.1) is 0 Å². The van der Waals surface area contributed by atoms with Gasteiger partial charge in [0.05, 0.1) is 24.7 Å². The molecular formula is C27H27N5O3S. The zero-order valence-corrected chi connectivity index (χ0v) is 20.6. The molecule has 0 saturated carbocycles. The van der Waals surface area contributed by atoms with E-state index in [9.17, 15) is 4.79 Å². The third kappa shape index (κ3) is 6.30. The van der Waals surface area contributed by atoms with Gasteiger partial charge in [0.2, 0.25) is 0 Å². The van der Waals surface area contributed by atoms with E-state index in [0.29, 0.717) is 48.6 Å². The molecule has 184 valence electrons. The van der Waals surface area contributed by atoms with E-state index in [-0.39, 0.29) is 5.91 Å². The highest BCUT2D eigenvalue weighted by atomic mass is 32.2. The van der Waals surface area contributed by atoms with Gasteiger partial charge in [-0.05, 0) is 24.3 Å². The van der Waals surface area contributed by atoms with Crippen LogP contribution in [-0.4, -0.2) is 53.7 Å². The molecule has 1 saturated heterocycles. The van der Waals surface area contributed by atoms with Crippen LogP contribution in [0.25, 0.3) is 11.3 Å². The van der Waals surface area contributed by atoms with Crippen LogP contribution in [0.15, 0.2) is 82.5 Å². The minimum atomic E-state index is -0.237. The molecule has 9 heteroatoms. The number of carbonyl (C=O) groups excluding carboxylic acids is 1. The predicted octanol–water partition coefficient (Wildman–Crippen LogP) is 4.23. The van der Waals surface area contributed by atoms with Crippen LogP contribution in [0.2, 0.25) is 0 Å². The number of carbonyl (C=O) groups is 1. The average Bonchev–Trinajstić information content (AvgIpc) is 3.43. The maximum absolute atomic E-state index is 12.5. The van der Waals surface area contributed by atoms with E-state index in [1.54, 1.807) is 12.3 Å². The number of morpholine rings is 1.